The molecule has 0 aliphatic heterocycles. The summed E-state index contributed by atoms with van der Waals surface area (Å²) in [5.41, 5.74) is 1.18. The van der Waals surface area contributed by atoms with Crippen LogP contribution in [0.15, 0.2) is 28.7 Å². The van der Waals surface area contributed by atoms with Gasteiger partial charge in [0.25, 0.3) is 5.91 Å². The highest BCUT2D eigenvalue weighted by atomic mass is 79.9. The summed E-state index contributed by atoms with van der Waals surface area (Å²) in [7, 11) is 0. The molecule has 0 bridgehead atoms. The third-order valence-electron chi connectivity index (χ3n) is 3.50. The molecule has 1 amide bonds. The summed E-state index contributed by atoms with van der Waals surface area (Å²) in [5.74, 6) is 1.32. The van der Waals surface area contributed by atoms with Crippen molar-refractivity contribution in [3.63, 3.8) is 0 Å². The molecule has 5 nitrogen and oxygen atoms in total. The molecule has 3 rings (SSSR count). The monoisotopic (exact) mass is 348 g/mol. The molecule has 2 aromatic rings. The largest absolute Gasteiger partial charge is 0.346 e. The minimum atomic E-state index is -0.220. The minimum Gasteiger partial charge on any atom is -0.346 e. The maximum atomic E-state index is 12.1. The van der Waals surface area contributed by atoms with Gasteiger partial charge in [0, 0.05) is 16.4 Å². The smallest absolute Gasteiger partial charge is 0.291 e. The van der Waals surface area contributed by atoms with Crippen molar-refractivity contribution in [3.8, 4) is 0 Å². The van der Waals surface area contributed by atoms with Crippen LogP contribution in [0.1, 0.15) is 47.7 Å². The number of benzene rings is 1. The van der Waals surface area contributed by atoms with E-state index in [0.29, 0.717) is 5.92 Å². The van der Waals surface area contributed by atoms with Crippen molar-refractivity contribution in [2.75, 3.05) is 0 Å². The zero-order valence-corrected chi connectivity index (χ0v) is 13.4. The van der Waals surface area contributed by atoms with Crippen LogP contribution in [0.5, 0.6) is 0 Å². The lowest BCUT2D eigenvalue weighted by Crippen LogP contribution is -2.34. The van der Waals surface area contributed by atoms with Crippen molar-refractivity contribution in [2.24, 2.45) is 0 Å². The first kappa shape index (κ1) is 14.3. The number of halogens is 1. The summed E-state index contributed by atoms with van der Waals surface area (Å²) >= 11 is 3.41. The molecule has 1 unspecified atom stereocenters. The lowest BCUT2D eigenvalue weighted by atomic mass is 10.1. The molecule has 1 aromatic carbocycles. The van der Waals surface area contributed by atoms with Gasteiger partial charge in [-0.2, -0.15) is 0 Å². The Labute approximate surface area is 131 Å². The van der Waals surface area contributed by atoms with E-state index < -0.39 is 0 Å². The molecule has 1 aliphatic rings. The van der Waals surface area contributed by atoms with Gasteiger partial charge >= 0.3 is 0 Å². The first-order valence-electron chi connectivity index (χ1n) is 7.09. The second-order valence-corrected chi connectivity index (χ2v) is 6.44. The van der Waals surface area contributed by atoms with Crippen LogP contribution < -0.4 is 5.32 Å². The molecule has 1 saturated carbocycles. The second kappa shape index (κ2) is 5.97. The van der Waals surface area contributed by atoms with Gasteiger partial charge in [-0.15, -0.1) is 5.10 Å². The molecule has 0 spiro atoms. The summed E-state index contributed by atoms with van der Waals surface area (Å²) < 4.78 is 1.05. The molecule has 1 fully saturated rings. The number of hydrogen-bond acceptors (Lipinski definition) is 3. The zero-order valence-electron chi connectivity index (χ0n) is 11.8. The van der Waals surface area contributed by atoms with Gasteiger partial charge in [0.05, 0.1) is 0 Å². The number of nitrogens with one attached hydrogen (secondary N) is 2. The first-order chi connectivity index (χ1) is 10.1. The highest BCUT2D eigenvalue weighted by Gasteiger charge is 2.28. The SMILES string of the molecule is CC(Cc1ccc(Br)cc1)NC(=O)c1n[nH]c(C2CC2)n1. The first-order valence-corrected chi connectivity index (χ1v) is 7.88. The molecule has 6 heteroatoms. The van der Waals surface area contributed by atoms with Crippen LogP contribution in [0, 0.1) is 0 Å². The number of hydrogen-bond donors (Lipinski definition) is 2. The summed E-state index contributed by atoms with van der Waals surface area (Å²) in [5, 5.41) is 9.78. The third kappa shape index (κ3) is 3.69. The number of carbonyl (C=O) groups is 1. The molecule has 1 atom stereocenters. The van der Waals surface area contributed by atoms with Crippen LogP contribution >= 0.6 is 15.9 Å². The second-order valence-electron chi connectivity index (χ2n) is 5.52. The van der Waals surface area contributed by atoms with Crippen LogP contribution in [0.4, 0.5) is 0 Å². The topological polar surface area (TPSA) is 70.7 Å². The lowest BCUT2D eigenvalue weighted by Gasteiger charge is -2.12. The van der Waals surface area contributed by atoms with E-state index in [-0.39, 0.29) is 17.8 Å². The van der Waals surface area contributed by atoms with E-state index in [4.69, 9.17) is 0 Å². The molecular weight excluding hydrogens is 332 g/mol. The Bertz CT molecular complexity index is 633. The van der Waals surface area contributed by atoms with Crippen LogP contribution in [0.25, 0.3) is 0 Å². The van der Waals surface area contributed by atoms with Gasteiger partial charge in [0.1, 0.15) is 5.82 Å². The highest BCUT2D eigenvalue weighted by molar-refractivity contribution is 9.10. The minimum absolute atomic E-state index is 0.0292. The van der Waals surface area contributed by atoms with Crippen molar-refractivity contribution in [2.45, 2.75) is 38.1 Å². The average Bonchev–Trinajstić information content (AvgIpc) is 3.18. The van der Waals surface area contributed by atoms with Crippen molar-refractivity contribution in [3.05, 3.63) is 46.0 Å². The molecule has 1 heterocycles. The van der Waals surface area contributed by atoms with E-state index in [1.54, 1.807) is 0 Å². The van der Waals surface area contributed by atoms with Crippen LogP contribution in [0.2, 0.25) is 0 Å². The number of amides is 1. The fraction of sp³-hybridized carbons (Fsp3) is 0.400. The predicted octanol–water partition coefficient (Wildman–Crippen LogP) is 2.81. The Morgan fingerprint density at radius 2 is 2.14 bits per heavy atom. The Hall–Kier alpha value is -1.69. The number of aromatic amines is 1. The quantitative estimate of drug-likeness (QED) is 0.872. The van der Waals surface area contributed by atoms with Crippen LogP contribution in [-0.2, 0) is 6.42 Å². The normalized spacial score (nSPS) is 15.7. The van der Waals surface area contributed by atoms with Gasteiger partial charge < -0.3 is 5.32 Å². The van der Waals surface area contributed by atoms with Gasteiger partial charge in [-0.05, 0) is 43.9 Å². The fourth-order valence-corrected chi connectivity index (χ4v) is 2.49. The van der Waals surface area contributed by atoms with E-state index in [9.17, 15) is 4.79 Å². The molecule has 0 saturated heterocycles. The third-order valence-corrected chi connectivity index (χ3v) is 4.03. The summed E-state index contributed by atoms with van der Waals surface area (Å²) in [6, 6.07) is 8.12. The Balaban J connectivity index is 1.56. The van der Waals surface area contributed by atoms with E-state index in [2.05, 4.69) is 36.4 Å². The maximum absolute atomic E-state index is 12.1. The Morgan fingerprint density at radius 3 is 2.81 bits per heavy atom. The standard InChI is InChI=1S/C15H17BrN4O/c1-9(8-10-2-6-12(16)7-3-10)17-15(21)14-18-13(19-20-14)11-4-5-11/h2-3,6-7,9,11H,4-5,8H2,1H3,(H,17,21)(H,18,19,20). The fourth-order valence-electron chi connectivity index (χ4n) is 2.23. The maximum Gasteiger partial charge on any atom is 0.291 e. The van der Waals surface area contributed by atoms with Gasteiger partial charge in [-0.1, -0.05) is 28.1 Å². The zero-order chi connectivity index (χ0) is 14.8. The van der Waals surface area contributed by atoms with Gasteiger partial charge in [-0.3, -0.25) is 9.89 Å². The van der Waals surface area contributed by atoms with Crippen LogP contribution in [0.3, 0.4) is 0 Å². The van der Waals surface area contributed by atoms with Gasteiger partial charge in [-0.25, -0.2) is 4.98 Å². The molecular formula is C15H17BrN4O. The van der Waals surface area contributed by atoms with Gasteiger partial charge in [0.15, 0.2) is 0 Å². The molecule has 110 valence electrons. The predicted molar refractivity (Wildman–Crippen MR) is 83.1 cm³/mol. The molecule has 1 aliphatic carbocycles. The number of carbonyl (C=O) groups excluding carboxylic acids is 1. The van der Waals surface area contributed by atoms with Crippen molar-refractivity contribution < 1.29 is 4.79 Å². The molecule has 2 N–H and O–H groups in total. The summed E-state index contributed by atoms with van der Waals surface area (Å²) in [4.78, 5) is 16.4. The van der Waals surface area contributed by atoms with Gasteiger partial charge in [0.2, 0.25) is 5.82 Å². The van der Waals surface area contributed by atoms with Crippen molar-refractivity contribution in [1.82, 2.24) is 20.5 Å². The van der Waals surface area contributed by atoms with E-state index in [0.717, 1.165) is 29.6 Å². The van der Waals surface area contributed by atoms with E-state index >= 15 is 0 Å². The van der Waals surface area contributed by atoms with Crippen molar-refractivity contribution in [1.29, 1.82) is 0 Å². The molecule has 0 radical (unpaired) electrons. The molecule has 1 aromatic heterocycles. The number of nitrogens with zero attached hydrogens (tertiary/aromatic N) is 2. The lowest BCUT2D eigenvalue weighted by molar-refractivity contribution is 0.0930. The number of aromatic nitrogens is 3. The molecule has 21 heavy (non-hydrogen) atoms. The average molecular weight is 349 g/mol. The van der Waals surface area contributed by atoms with Crippen molar-refractivity contribution >= 4 is 21.8 Å². The van der Waals surface area contributed by atoms with E-state index in [1.807, 2.05) is 31.2 Å². The highest BCUT2D eigenvalue weighted by Crippen LogP contribution is 2.37. The number of rotatable bonds is 5. The number of H-pyrrole nitrogens is 1. The Morgan fingerprint density at radius 1 is 1.43 bits per heavy atom. The van der Waals surface area contributed by atoms with Crippen LogP contribution in [-0.4, -0.2) is 27.1 Å². The summed E-state index contributed by atoms with van der Waals surface area (Å²) in [6.07, 6.45) is 3.05. The van der Waals surface area contributed by atoms with E-state index in [1.165, 1.54) is 5.56 Å². The summed E-state index contributed by atoms with van der Waals surface area (Å²) in [6.45, 7) is 1.98. The Kier molecular flexibility index (Phi) is 4.05.